The molecule has 0 spiro atoms. The van der Waals surface area contributed by atoms with Gasteiger partial charge in [0.15, 0.2) is 11.6 Å². The van der Waals surface area contributed by atoms with Crippen LogP contribution in [0, 0.1) is 11.6 Å². The zero-order chi connectivity index (χ0) is 17.8. The number of hydrogen-bond donors (Lipinski definition) is 0. The topological polar surface area (TPSA) is 26.3 Å². The largest absolute Gasteiger partial charge is 0.459 e. The summed E-state index contributed by atoms with van der Waals surface area (Å²) in [6.07, 6.45) is 11.8. The van der Waals surface area contributed by atoms with Gasteiger partial charge in [-0.05, 0) is 38.0 Å². The van der Waals surface area contributed by atoms with Crippen LogP contribution in [0.15, 0.2) is 18.2 Å². The van der Waals surface area contributed by atoms with Gasteiger partial charge in [-0.2, -0.15) is 0 Å². The number of benzene rings is 1. The molecule has 0 N–H and O–H groups in total. The van der Waals surface area contributed by atoms with Gasteiger partial charge < -0.3 is 4.74 Å². The first-order valence-corrected chi connectivity index (χ1v) is 9.20. The fourth-order valence-corrected chi connectivity index (χ4v) is 2.68. The highest BCUT2D eigenvalue weighted by atomic mass is 19.2. The molecule has 0 amide bonds. The van der Waals surface area contributed by atoms with Gasteiger partial charge in [0.1, 0.15) is 0 Å². The van der Waals surface area contributed by atoms with Crippen LogP contribution in [0.2, 0.25) is 0 Å². The van der Waals surface area contributed by atoms with Gasteiger partial charge in [-0.25, -0.2) is 13.6 Å². The zero-order valence-corrected chi connectivity index (χ0v) is 15.0. The minimum absolute atomic E-state index is 0.0489. The third-order valence-electron chi connectivity index (χ3n) is 4.18. The molecule has 1 unspecified atom stereocenters. The minimum Gasteiger partial charge on any atom is -0.459 e. The van der Waals surface area contributed by atoms with Crippen molar-refractivity contribution in [3.05, 3.63) is 35.4 Å². The number of carbonyl (C=O) groups excluding carboxylic acids is 1. The fourth-order valence-electron chi connectivity index (χ4n) is 2.68. The summed E-state index contributed by atoms with van der Waals surface area (Å²) < 4.78 is 31.2. The Kier molecular flexibility index (Phi) is 10.3. The van der Waals surface area contributed by atoms with E-state index in [2.05, 4.69) is 6.92 Å². The smallest absolute Gasteiger partial charge is 0.338 e. The molecule has 1 aromatic rings. The SMILES string of the molecule is CCCCCCCCCCCC(C)OC(=O)c1ccc(F)c(F)c1. The van der Waals surface area contributed by atoms with Crippen LogP contribution in [0.4, 0.5) is 8.78 Å². The van der Waals surface area contributed by atoms with E-state index in [4.69, 9.17) is 4.74 Å². The molecule has 1 rings (SSSR count). The lowest BCUT2D eigenvalue weighted by molar-refractivity contribution is 0.0318. The van der Waals surface area contributed by atoms with Crippen LogP contribution in [0.5, 0.6) is 0 Å². The summed E-state index contributed by atoms with van der Waals surface area (Å²) >= 11 is 0. The third kappa shape index (κ3) is 8.42. The molecule has 0 aromatic heterocycles. The van der Waals surface area contributed by atoms with E-state index in [1.54, 1.807) is 0 Å². The van der Waals surface area contributed by atoms with Crippen LogP contribution >= 0.6 is 0 Å². The van der Waals surface area contributed by atoms with E-state index in [1.807, 2.05) is 6.92 Å². The molecule has 0 heterocycles. The Balaban J connectivity index is 2.12. The number of carbonyl (C=O) groups is 1. The molecule has 2 nitrogen and oxygen atoms in total. The molecule has 0 saturated heterocycles. The summed E-state index contributed by atoms with van der Waals surface area (Å²) in [6, 6.07) is 3.06. The first-order valence-electron chi connectivity index (χ1n) is 9.20. The molecule has 1 atom stereocenters. The van der Waals surface area contributed by atoms with Gasteiger partial charge in [0, 0.05) is 0 Å². The van der Waals surface area contributed by atoms with Crippen molar-refractivity contribution >= 4 is 5.97 Å². The molecule has 0 aliphatic heterocycles. The maximum absolute atomic E-state index is 13.1. The molecule has 24 heavy (non-hydrogen) atoms. The molecule has 0 aliphatic carbocycles. The second-order valence-corrected chi connectivity index (χ2v) is 6.46. The molecule has 0 bridgehead atoms. The van der Waals surface area contributed by atoms with Gasteiger partial charge in [0.2, 0.25) is 0 Å². The van der Waals surface area contributed by atoms with Crippen molar-refractivity contribution < 1.29 is 18.3 Å². The summed E-state index contributed by atoms with van der Waals surface area (Å²) in [5, 5.41) is 0. The third-order valence-corrected chi connectivity index (χ3v) is 4.18. The lowest BCUT2D eigenvalue weighted by atomic mass is 10.1. The van der Waals surface area contributed by atoms with Crippen LogP contribution in [-0.2, 0) is 4.74 Å². The molecule has 0 saturated carbocycles. The van der Waals surface area contributed by atoms with E-state index in [0.717, 1.165) is 31.4 Å². The fraction of sp³-hybridized carbons (Fsp3) is 0.650. The van der Waals surface area contributed by atoms with Crippen molar-refractivity contribution in [2.45, 2.75) is 84.2 Å². The highest BCUT2D eigenvalue weighted by Crippen LogP contribution is 2.14. The number of halogens is 2. The molecule has 1 aromatic carbocycles. The molecule has 0 radical (unpaired) electrons. The second kappa shape index (κ2) is 12.0. The minimum atomic E-state index is -1.03. The standard InChI is InChI=1S/C20H30F2O2/c1-3-4-5-6-7-8-9-10-11-12-16(2)24-20(23)17-13-14-18(21)19(22)15-17/h13-16H,3-12H2,1-2H3. The van der Waals surface area contributed by atoms with Crippen molar-refractivity contribution in [1.29, 1.82) is 0 Å². The van der Waals surface area contributed by atoms with E-state index in [9.17, 15) is 13.6 Å². The lowest BCUT2D eigenvalue weighted by Gasteiger charge is -2.13. The van der Waals surface area contributed by atoms with Crippen LogP contribution in [0.3, 0.4) is 0 Å². The Hall–Kier alpha value is -1.45. The van der Waals surface area contributed by atoms with Crippen LogP contribution in [0.25, 0.3) is 0 Å². The van der Waals surface area contributed by atoms with E-state index in [-0.39, 0.29) is 11.7 Å². The van der Waals surface area contributed by atoms with Crippen LogP contribution in [-0.4, -0.2) is 12.1 Å². The van der Waals surface area contributed by atoms with Gasteiger partial charge in [0.05, 0.1) is 11.7 Å². The summed E-state index contributed by atoms with van der Waals surface area (Å²) in [7, 11) is 0. The number of ether oxygens (including phenoxy) is 1. The van der Waals surface area contributed by atoms with Crippen LogP contribution in [0.1, 0.15) is 88.4 Å². The highest BCUT2D eigenvalue weighted by molar-refractivity contribution is 5.89. The first kappa shape index (κ1) is 20.6. The average molecular weight is 340 g/mol. The van der Waals surface area contributed by atoms with E-state index in [0.29, 0.717) is 0 Å². The maximum Gasteiger partial charge on any atom is 0.338 e. The average Bonchev–Trinajstić information content (AvgIpc) is 2.55. The summed E-state index contributed by atoms with van der Waals surface area (Å²) in [4.78, 5) is 11.9. The normalized spacial score (nSPS) is 12.2. The van der Waals surface area contributed by atoms with Crippen molar-refractivity contribution in [2.75, 3.05) is 0 Å². The van der Waals surface area contributed by atoms with E-state index >= 15 is 0 Å². The van der Waals surface area contributed by atoms with Gasteiger partial charge in [-0.15, -0.1) is 0 Å². The zero-order valence-electron chi connectivity index (χ0n) is 15.0. The Morgan fingerprint density at radius 2 is 1.54 bits per heavy atom. The van der Waals surface area contributed by atoms with Crippen molar-refractivity contribution in [1.82, 2.24) is 0 Å². The maximum atomic E-state index is 13.1. The van der Waals surface area contributed by atoms with Gasteiger partial charge >= 0.3 is 5.97 Å². The van der Waals surface area contributed by atoms with E-state index < -0.39 is 17.6 Å². The number of rotatable bonds is 12. The predicted octanol–water partition coefficient (Wildman–Crippen LogP) is 6.43. The molecule has 136 valence electrons. The van der Waals surface area contributed by atoms with Crippen molar-refractivity contribution in [3.8, 4) is 0 Å². The predicted molar refractivity (Wildman–Crippen MR) is 93.1 cm³/mol. The molecular weight excluding hydrogens is 310 g/mol. The summed E-state index contributed by atoms with van der Waals surface area (Å²) in [5.74, 6) is -2.59. The summed E-state index contributed by atoms with van der Waals surface area (Å²) in [6.45, 7) is 4.06. The summed E-state index contributed by atoms with van der Waals surface area (Å²) in [5.41, 5.74) is 0.0489. The van der Waals surface area contributed by atoms with E-state index in [1.165, 1.54) is 51.0 Å². The monoisotopic (exact) mass is 340 g/mol. The Bertz CT molecular complexity index is 489. The Morgan fingerprint density at radius 3 is 2.12 bits per heavy atom. The number of unbranched alkanes of at least 4 members (excludes halogenated alkanes) is 8. The first-order chi connectivity index (χ1) is 11.5. The highest BCUT2D eigenvalue weighted by Gasteiger charge is 2.14. The van der Waals surface area contributed by atoms with Gasteiger partial charge in [-0.1, -0.05) is 58.3 Å². The Morgan fingerprint density at radius 1 is 0.958 bits per heavy atom. The van der Waals surface area contributed by atoms with Gasteiger partial charge in [0.25, 0.3) is 0 Å². The lowest BCUT2D eigenvalue weighted by Crippen LogP contribution is -2.15. The molecule has 4 heteroatoms. The number of esters is 1. The number of hydrogen-bond acceptors (Lipinski definition) is 2. The molecular formula is C20H30F2O2. The van der Waals surface area contributed by atoms with Gasteiger partial charge in [-0.3, -0.25) is 0 Å². The Labute approximate surface area is 144 Å². The van der Waals surface area contributed by atoms with Crippen LogP contribution < -0.4 is 0 Å². The molecule has 0 aliphatic rings. The van der Waals surface area contributed by atoms with Crippen molar-refractivity contribution in [3.63, 3.8) is 0 Å². The molecule has 0 fully saturated rings. The second-order valence-electron chi connectivity index (χ2n) is 6.46. The van der Waals surface area contributed by atoms with Crippen molar-refractivity contribution in [2.24, 2.45) is 0 Å². The quantitative estimate of drug-likeness (QED) is 0.324.